The first-order chi connectivity index (χ1) is 5.74. The molecule has 1 aromatic heterocycles. The number of aromatic nitrogens is 1. The molecule has 0 radical (unpaired) electrons. The molecule has 1 N–H and O–H groups in total. The molecule has 0 bridgehead atoms. The molecule has 1 heterocycles. The minimum Gasteiger partial charge on any atom is -0.353 e. The van der Waals surface area contributed by atoms with E-state index in [1.54, 1.807) is 0 Å². The highest BCUT2D eigenvalue weighted by atomic mass is 15.0. The van der Waals surface area contributed by atoms with E-state index in [2.05, 4.69) is 48.8 Å². The molecule has 1 aromatic rings. The number of nitrogens with one attached hydrogen (secondary N) is 1. The molecule has 2 heteroatoms. The Balaban J connectivity index is 2.43. The molecule has 0 aromatic carbocycles. The summed E-state index contributed by atoms with van der Waals surface area (Å²) >= 11 is 0. The van der Waals surface area contributed by atoms with Crippen molar-refractivity contribution in [3.8, 4) is 0 Å². The van der Waals surface area contributed by atoms with Crippen molar-refractivity contribution in [1.82, 2.24) is 9.88 Å². The van der Waals surface area contributed by atoms with Gasteiger partial charge in [0.15, 0.2) is 0 Å². The molecule has 2 nitrogen and oxygen atoms in total. The Kier molecular flexibility index (Phi) is 3.11. The predicted molar refractivity (Wildman–Crippen MR) is 51.9 cm³/mol. The average Bonchev–Trinajstić information content (AvgIpc) is 2.47. The van der Waals surface area contributed by atoms with Gasteiger partial charge in [-0.05, 0) is 19.1 Å². The van der Waals surface area contributed by atoms with Crippen LogP contribution in [0.15, 0.2) is 31.0 Å². The van der Waals surface area contributed by atoms with Crippen molar-refractivity contribution in [2.75, 3.05) is 0 Å². The molecular formula is C10H16N2. The van der Waals surface area contributed by atoms with Gasteiger partial charge in [0, 0.05) is 31.5 Å². The van der Waals surface area contributed by atoms with Gasteiger partial charge in [0.2, 0.25) is 0 Å². The standard InChI is InChI=1S/C10H16N2/c1-4-9(2)11-8-10-6-5-7-12(10)3/h4-7,9,11H,1,8H2,2-3H3. The fourth-order valence-electron chi connectivity index (χ4n) is 1.03. The first-order valence-corrected chi connectivity index (χ1v) is 4.20. The number of hydrogen-bond donors (Lipinski definition) is 1. The molecule has 0 spiro atoms. The van der Waals surface area contributed by atoms with Gasteiger partial charge >= 0.3 is 0 Å². The monoisotopic (exact) mass is 164 g/mol. The van der Waals surface area contributed by atoms with Crippen molar-refractivity contribution in [3.63, 3.8) is 0 Å². The van der Waals surface area contributed by atoms with Gasteiger partial charge in [-0.3, -0.25) is 0 Å². The van der Waals surface area contributed by atoms with E-state index in [9.17, 15) is 0 Å². The Labute approximate surface area is 73.9 Å². The van der Waals surface area contributed by atoms with Crippen LogP contribution in [0.3, 0.4) is 0 Å². The lowest BCUT2D eigenvalue weighted by Crippen LogP contribution is -2.23. The van der Waals surface area contributed by atoms with E-state index in [0.717, 1.165) is 6.54 Å². The van der Waals surface area contributed by atoms with Gasteiger partial charge in [-0.25, -0.2) is 0 Å². The molecule has 12 heavy (non-hydrogen) atoms. The number of hydrogen-bond acceptors (Lipinski definition) is 1. The summed E-state index contributed by atoms with van der Waals surface area (Å²) in [5.41, 5.74) is 1.30. The first kappa shape index (κ1) is 9.07. The molecule has 0 saturated heterocycles. The molecule has 0 aliphatic heterocycles. The summed E-state index contributed by atoms with van der Waals surface area (Å²) in [6, 6.07) is 4.54. The van der Waals surface area contributed by atoms with Crippen LogP contribution in [0.1, 0.15) is 12.6 Å². The van der Waals surface area contributed by atoms with Crippen LogP contribution in [0.4, 0.5) is 0 Å². The van der Waals surface area contributed by atoms with Crippen LogP contribution in [0.5, 0.6) is 0 Å². The molecule has 66 valence electrons. The van der Waals surface area contributed by atoms with E-state index >= 15 is 0 Å². The van der Waals surface area contributed by atoms with E-state index in [4.69, 9.17) is 0 Å². The van der Waals surface area contributed by atoms with Gasteiger partial charge in [0.05, 0.1) is 0 Å². The minimum atomic E-state index is 0.375. The molecule has 0 aliphatic carbocycles. The Morgan fingerprint density at radius 3 is 3.00 bits per heavy atom. The predicted octanol–water partition coefficient (Wildman–Crippen LogP) is 1.69. The largest absolute Gasteiger partial charge is 0.353 e. The van der Waals surface area contributed by atoms with Gasteiger partial charge in [0.1, 0.15) is 0 Å². The van der Waals surface area contributed by atoms with Crippen molar-refractivity contribution >= 4 is 0 Å². The highest BCUT2D eigenvalue weighted by Gasteiger charge is 1.98. The fourth-order valence-corrected chi connectivity index (χ4v) is 1.03. The molecule has 0 amide bonds. The summed E-state index contributed by atoms with van der Waals surface area (Å²) < 4.78 is 2.11. The molecule has 1 atom stereocenters. The molecule has 0 fully saturated rings. The van der Waals surface area contributed by atoms with Crippen LogP contribution in [-0.4, -0.2) is 10.6 Å². The van der Waals surface area contributed by atoms with Crippen molar-refractivity contribution in [2.45, 2.75) is 19.5 Å². The SMILES string of the molecule is C=CC(C)NCc1cccn1C. The molecule has 1 rings (SSSR count). The van der Waals surface area contributed by atoms with E-state index in [1.165, 1.54) is 5.69 Å². The van der Waals surface area contributed by atoms with E-state index in [-0.39, 0.29) is 0 Å². The molecule has 0 saturated carbocycles. The highest BCUT2D eigenvalue weighted by molar-refractivity contribution is 5.06. The molecule has 0 aliphatic rings. The number of aryl methyl sites for hydroxylation is 1. The lowest BCUT2D eigenvalue weighted by atomic mass is 10.3. The average molecular weight is 164 g/mol. The van der Waals surface area contributed by atoms with E-state index in [1.807, 2.05) is 6.08 Å². The normalized spacial score (nSPS) is 12.8. The highest BCUT2D eigenvalue weighted by Crippen LogP contribution is 1.99. The zero-order valence-corrected chi connectivity index (χ0v) is 7.75. The second kappa shape index (κ2) is 4.12. The fraction of sp³-hybridized carbons (Fsp3) is 0.400. The van der Waals surface area contributed by atoms with Crippen LogP contribution >= 0.6 is 0 Å². The van der Waals surface area contributed by atoms with Crippen molar-refractivity contribution in [2.24, 2.45) is 7.05 Å². The smallest absolute Gasteiger partial charge is 0.0364 e. The van der Waals surface area contributed by atoms with Crippen LogP contribution < -0.4 is 5.32 Å². The zero-order chi connectivity index (χ0) is 8.97. The van der Waals surface area contributed by atoms with Crippen LogP contribution in [0.25, 0.3) is 0 Å². The number of nitrogens with zero attached hydrogens (tertiary/aromatic N) is 1. The third kappa shape index (κ3) is 2.24. The Morgan fingerprint density at radius 2 is 2.50 bits per heavy atom. The number of rotatable bonds is 4. The summed E-state index contributed by atoms with van der Waals surface area (Å²) in [5.74, 6) is 0. The summed E-state index contributed by atoms with van der Waals surface area (Å²) in [6.07, 6.45) is 3.96. The lowest BCUT2D eigenvalue weighted by molar-refractivity contribution is 0.609. The summed E-state index contributed by atoms with van der Waals surface area (Å²) in [4.78, 5) is 0. The van der Waals surface area contributed by atoms with Crippen LogP contribution in [-0.2, 0) is 13.6 Å². The van der Waals surface area contributed by atoms with Crippen molar-refractivity contribution in [1.29, 1.82) is 0 Å². The van der Waals surface area contributed by atoms with Gasteiger partial charge in [-0.1, -0.05) is 6.08 Å². The Hall–Kier alpha value is -1.02. The maximum Gasteiger partial charge on any atom is 0.0364 e. The summed E-state index contributed by atoms with van der Waals surface area (Å²) in [5, 5.41) is 3.34. The molecule has 1 unspecified atom stereocenters. The van der Waals surface area contributed by atoms with Crippen LogP contribution in [0, 0.1) is 0 Å². The van der Waals surface area contributed by atoms with Gasteiger partial charge in [-0.2, -0.15) is 0 Å². The zero-order valence-electron chi connectivity index (χ0n) is 7.75. The van der Waals surface area contributed by atoms with Crippen molar-refractivity contribution in [3.05, 3.63) is 36.7 Å². The maximum atomic E-state index is 3.71. The quantitative estimate of drug-likeness (QED) is 0.670. The van der Waals surface area contributed by atoms with E-state index in [0.29, 0.717) is 6.04 Å². The van der Waals surface area contributed by atoms with Gasteiger partial charge in [-0.15, -0.1) is 6.58 Å². The second-order valence-corrected chi connectivity index (χ2v) is 3.02. The third-order valence-electron chi connectivity index (χ3n) is 2.01. The third-order valence-corrected chi connectivity index (χ3v) is 2.01. The first-order valence-electron chi connectivity index (χ1n) is 4.20. The Morgan fingerprint density at radius 1 is 1.75 bits per heavy atom. The Bertz CT molecular complexity index is 250. The van der Waals surface area contributed by atoms with Gasteiger partial charge in [0.25, 0.3) is 0 Å². The van der Waals surface area contributed by atoms with Gasteiger partial charge < -0.3 is 9.88 Å². The molecular weight excluding hydrogens is 148 g/mol. The topological polar surface area (TPSA) is 17.0 Å². The maximum absolute atomic E-state index is 3.71. The van der Waals surface area contributed by atoms with Crippen molar-refractivity contribution < 1.29 is 0 Å². The second-order valence-electron chi connectivity index (χ2n) is 3.02. The summed E-state index contributed by atoms with van der Waals surface area (Å²) in [7, 11) is 2.05. The minimum absolute atomic E-state index is 0.375. The van der Waals surface area contributed by atoms with Crippen LogP contribution in [0.2, 0.25) is 0 Å². The van der Waals surface area contributed by atoms with E-state index < -0.39 is 0 Å². The lowest BCUT2D eigenvalue weighted by Gasteiger charge is -2.09. The summed E-state index contributed by atoms with van der Waals surface area (Å²) in [6.45, 7) is 6.71.